The van der Waals surface area contributed by atoms with E-state index in [4.69, 9.17) is 25.8 Å². The minimum absolute atomic E-state index is 0.460. The fourth-order valence-corrected chi connectivity index (χ4v) is 2.47. The second-order valence-electron chi connectivity index (χ2n) is 5.49. The van der Waals surface area contributed by atoms with Crippen LogP contribution < -0.4 is 14.8 Å². The van der Waals surface area contributed by atoms with E-state index in [2.05, 4.69) is 5.32 Å². The monoisotopic (exact) mass is 389 g/mol. The van der Waals surface area contributed by atoms with E-state index in [1.54, 1.807) is 42.5 Å². The van der Waals surface area contributed by atoms with E-state index in [0.717, 1.165) is 0 Å². The van der Waals surface area contributed by atoms with Crippen LogP contribution in [0.25, 0.3) is 6.08 Å². The zero-order valence-corrected chi connectivity index (χ0v) is 15.9. The predicted octanol–water partition coefficient (Wildman–Crippen LogP) is 3.94. The normalized spacial score (nSPS) is 11.7. The number of hydrogen-bond acceptors (Lipinski definition) is 5. The number of esters is 1. The summed E-state index contributed by atoms with van der Waals surface area (Å²) in [6, 6.07) is 12.0. The Morgan fingerprint density at radius 2 is 1.85 bits per heavy atom. The van der Waals surface area contributed by atoms with Crippen LogP contribution in [0.5, 0.6) is 11.5 Å². The molecule has 2 rings (SSSR count). The maximum atomic E-state index is 12.1. The fraction of sp³-hybridized carbons (Fsp3) is 0.200. The zero-order chi connectivity index (χ0) is 19.8. The lowest BCUT2D eigenvalue weighted by atomic mass is 10.1. The average molecular weight is 390 g/mol. The third-order valence-electron chi connectivity index (χ3n) is 3.59. The van der Waals surface area contributed by atoms with Crippen molar-refractivity contribution in [2.24, 2.45) is 0 Å². The van der Waals surface area contributed by atoms with Crippen molar-refractivity contribution in [2.45, 2.75) is 13.0 Å². The van der Waals surface area contributed by atoms with Crippen LogP contribution in [0.3, 0.4) is 0 Å². The second kappa shape index (κ2) is 9.64. The van der Waals surface area contributed by atoms with Gasteiger partial charge in [0.2, 0.25) is 0 Å². The van der Waals surface area contributed by atoms with Crippen molar-refractivity contribution in [2.75, 3.05) is 19.5 Å². The summed E-state index contributed by atoms with van der Waals surface area (Å²) in [5.41, 5.74) is 1.16. The highest BCUT2D eigenvalue weighted by Gasteiger charge is 2.17. The fourth-order valence-electron chi connectivity index (χ4n) is 2.28. The molecule has 0 unspecified atom stereocenters. The number of hydrogen-bond donors (Lipinski definition) is 1. The van der Waals surface area contributed by atoms with Gasteiger partial charge in [0.15, 0.2) is 17.6 Å². The number of benzene rings is 2. The number of carbonyl (C=O) groups excluding carboxylic acids is 2. The van der Waals surface area contributed by atoms with Crippen molar-refractivity contribution in [3.05, 3.63) is 59.1 Å². The second-order valence-corrected chi connectivity index (χ2v) is 5.93. The number of rotatable bonds is 7. The summed E-state index contributed by atoms with van der Waals surface area (Å²) in [5, 5.41) is 3.13. The Kier molecular flexibility index (Phi) is 7.25. The van der Waals surface area contributed by atoms with Gasteiger partial charge in [-0.05, 0) is 37.3 Å². The standard InChI is InChI=1S/C20H20ClNO5/c1-13(20(24)22-16-8-5-7-15(21)12-16)27-18(23)11-10-14-6-4-9-17(25-2)19(14)26-3/h4-13H,1-3H3,(H,22,24)/b11-10+/t13-/m1/s1. The minimum atomic E-state index is -0.978. The summed E-state index contributed by atoms with van der Waals surface area (Å²) in [7, 11) is 3.04. The molecular formula is C20H20ClNO5. The number of methoxy groups -OCH3 is 2. The molecule has 0 fully saturated rings. The van der Waals surface area contributed by atoms with Crippen LogP contribution in [-0.2, 0) is 14.3 Å². The molecule has 1 amide bonds. The van der Waals surface area contributed by atoms with Gasteiger partial charge >= 0.3 is 5.97 Å². The number of halogens is 1. The first-order valence-corrected chi connectivity index (χ1v) is 8.48. The van der Waals surface area contributed by atoms with Crippen LogP contribution in [0.4, 0.5) is 5.69 Å². The third-order valence-corrected chi connectivity index (χ3v) is 3.82. The topological polar surface area (TPSA) is 73.9 Å². The lowest BCUT2D eigenvalue weighted by Crippen LogP contribution is -2.29. The maximum Gasteiger partial charge on any atom is 0.331 e. The molecule has 0 radical (unpaired) electrons. The first-order valence-electron chi connectivity index (χ1n) is 8.10. The van der Waals surface area contributed by atoms with Crippen molar-refractivity contribution < 1.29 is 23.8 Å². The number of carbonyl (C=O) groups is 2. The highest BCUT2D eigenvalue weighted by atomic mass is 35.5. The van der Waals surface area contributed by atoms with Gasteiger partial charge in [-0.1, -0.05) is 29.8 Å². The van der Waals surface area contributed by atoms with Gasteiger partial charge < -0.3 is 19.5 Å². The summed E-state index contributed by atoms with van der Waals surface area (Å²) in [4.78, 5) is 24.1. The molecule has 0 spiro atoms. The Labute approximate surface area is 162 Å². The van der Waals surface area contributed by atoms with E-state index in [9.17, 15) is 9.59 Å². The molecule has 7 heteroatoms. The van der Waals surface area contributed by atoms with E-state index in [0.29, 0.717) is 27.8 Å². The van der Waals surface area contributed by atoms with Gasteiger partial charge in [-0.3, -0.25) is 4.79 Å². The van der Waals surface area contributed by atoms with Crippen molar-refractivity contribution in [1.29, 1.82) is 0 Å². The van der Waals surface area contributed by atoms with Gasteiger partial charge in [0.1, 0.15) is 0 Å². The van der Waals surface area contributed by atoms with Crippen molar-refractivity contribution in [3.8, 4) is 11.5 Å². The summed E-state index contributed by atoms with van der Waals surface area (Å²) in [5.74, 6) is -0.0790. The van der Waals surface area contributed by atoms with Crippen LogP contribution in [0, 0.1) is 0 Å². The molecule has 0 saturated carbocycles. The van der Waals surface area contributed by atoms with E-state index < -0.39 is 18.0 Å². The number of nitrogens with one attached hydrogen (secondary N) is 1. The van der Waals surface area contributed by atoms with Crippen molar-refractivity contribution in [1.82, 2.24) is 0 Å². The van der Waals surface area contributed by atoms with Crippen molar-refractivity contribution in [3.63, 3.8) is 0 Å². The zero-order valence-electron chi connectivity index (χ0n) is 15.2. The Balaban J connectivity index is 1.98. The minimum Gasteiger partial charge on any atom is -0.493 e. The SMILES string of the molecule is COc1cccc(/C=C/C(=O)O[C@H](C)C(=O)Nc2cccc(Cl)c2)c1OC. The Morgan fingerprint density at radius 1 is 1.11 bits per heavy atom. The Bertz CT molecular complexity index is 850. The highest BCUT2D eigenvalue weighted by molar-refractivity contribution is 6.30. The summed E-state index contributed by atoms with van der Waals surface area (Å²) >= 11 is 5.87. The maximum absolute atomic E-state index is 12.1. The molecule has 0 saturated heterocycles. The number of amides is 1. The van der Waals surface area contributed by atoms with Gasteiger partial charge in [-0.25, -0.2) is 4.79 Å². The van der Waals surface area contributed by atoms with E-state index in [-0.39, 0.29) is 0 Å². The molecule has 1 N–H and O–H groups in total. The first-order chi connectivity index (χ1) is 12.9. The van der Waals surface area contributed by atoms with E-state index in [1.165, 1.54) is 33.3 Å². The molecule has 0 aliphatic carbocycles. The van der Waals surface area contributed by atoms with E-state index >= 15 is 0 Å². The molecule has 2 aromatic carbocycles. The molecule has 0 aliphatic rings. The van der Waals surface area contributed by atoms with Gasteiger partial charge in [0.25, 0.3) is 5.91 Å². The first kappa shape index (κ1) is 20.3. The molecular weight excluding hydrogens is 370 g/mol. The van der Waals surface area contributed by atoms with Crippen LogP contribution in [0.2, 0.25) is 5.02 Å². The lowest BCUT2D eigenvalue weighted by Gasteiger charge is -2.13. The molecule has 2 aromatic rings. The molecule has 0 bridgehead atoms. The predicted molar refractivity (Wildman–Crippen MR) is 104 cm³/mol. The number of ether oxygens (including phenoxy) is 3. The van der Waals surface area contributed by atoms with Gasteiger partial charge in [0.05, 0.1) is 14.2 Å². The summed E-state index contributed by atoms with van der Waals surface area (Å²) in [6.45, 7) is 1.48. The molecule has 0 heterocycles. The highest BCUT2D eigenvalue weighted by Crippen LogP contribution is 2.31. The molecule has 142 valence electrons. The van der Waals surface area contributed by atoms with Crippen molar-refractivity contribution >= 4 is 35.2 Å². The molecule has 1 atom stereocenters. The van der Waals surface area contributed by atoms with Gasteiger partial charge in [-0.2, -0.15) is 0 Å². The van der Waals surface area contributed by atoms with Crippen LogP contribution in [0.15, 0.2) is 48.5 Å². The van der Waals surface area contributed by atoms with Crippen LogP contribution >= 0.6 is 11.6 Å². The van der Waals surface area contributed by atoms with Gasteiger partial charge in [-0.15, -0.1) is 0 Å². The molecule has 27 heavy (non-hydrogen) atoms. The van der Waals surface area contributed by atoms with Gasteiger partial charge in [0, 0.05) is 22.3 Å². The summed E-state index contributed by atoms with van der Waals surface area (Å²) < 4.78 is 15.6. The smallest absolute Gasteiger partial charge is 0.331 e. The van der Waals surface area contributed by atoms with E-state index in [1.807, 2.05) is 0 Å². The molecule has 0 aliphatic heterocycles. The molecule has 0 aromatic heterocycles. The largest absolute Gasteiger partial charge is 0.493 e. The lowest BCUT2D eigenvalue weighted by molar-refractivity contribution is -0.148. The summed E-state index contributed by atoms with van der Waals surface area (Å²) in [6.07, 6.45) is 1.78. The number of anilines is 1. The third kappa shape index (κ3) is 5.76. The van der Waals surface area contributed by atoms with Crippen LogP contribution in [-0.4, -0.2) is 32.2 Å². The quantitative estimate of drug-likeness (QED) is 0.573. The number of para-hydroxylation sites is 1. The molecule has 6 nitrogen and oxygen atoms in total. The average Bonchev–Trinajstić information content (AvgIpc) is 2.65. The Morgan fingerprint density at radius 3 is 2.52 bits per heavy atom. The Hall–Kier alpha value is -2.99. The van der Waals surface area contributed by atoms with Crippen LogP contribution in [0.1, 0.15) is 12.5 Å².